The zero-order valence-electron chi connectivity index (χ0n) is 13.9. The molecule has 0 saturated carbocycles. The molecule has 2 aromatic rings. The molecular weight excluding hydrogens is 324 g/mol. The Balaban J connectivity index is 1.91. The average molecular weight is 345 g/mol. The number of anilines is 1. The van der Waals surface area contributed by atoms with Crippen molar-refractivity contribution in [2.45, 2.75) is 26.8 Å². The molecule has 0 aliphatic rings. The van der Waals surface area contributed by atoms with Gasteiger partial charge in [0.2, 0.25) is 11.8 Å². The zero-order chi connectivity index (χ0) is 17.5. The molecule has 0 fully saturated rings. The summed E-state index contributed by atoms with van der Waals surface area (Å²) in [6.07, 6.45) is 0.244. The average Bonchev–Trinajstić information content (AvgIpc) is 2.55. The fourth-order valence-corrected chi connectivity index (χ4v) is 2.46. The molecule has 2 amide bonds. The SMILES string of the molecule is CC(=O)N(CCC(=O)Nc1ccc(Cl)cc1)Cc1ccccc1C. The van der Waals surface area contributed by atoms with Gasteiger partial charge in [0.1, 0.15) is 0 Å². The zero-order valence-corrected chi connectivity index (χ0v) is 14.6. The molecule has 2 aromatic carbocycles. The lowest BCUT2D eigenvalue weighted by Crippen LogP contribution is -2.31. The highest BCUT2D eigenvalue weighted by atomic mass is 35.5. The summed E-state index contributed by atoms with van der Waals surface area (Å²) in [5.74, 6) is -0.175. The second-order valence-corrected chi connectivity index (χ2v) is 6.11. The third kappa shape index (κ3) is 5.39. The van der Waals surface area contributed by atoms with Crippen molar-refractivity contribution in [3.8, 4) is 0 Å². The smallest absolute Gasteiger partial charge is 0.226 e. The van der Waals surface area contributed by atoms with Crippen molar-refractivity contribution in [1.82, 2.24) is 4.90 Å². The monoisotopic (exact) mass is 344 g/mol. The highest BCUT2D eigenvalue weighted by molar-refractivity contribution is 6.30. The molecule has 1 N–H and O–H groups in total. The van der Waals surface area contributed by atoms with E-state index >= 15 is 0 Å². The van der Waals surface area contributed by atoms with Gasteiger partial charge in [-0.15, -0.1) is 0 Å². The molecule has 2 rings (SSSR count). The molecule has 0 aliphatic carbocycles. The number of nitrogens with one attached hydrogen (secondary N) is 1. The van der Waals surface area contributed by atoms with Gasteiger partial charge in [-0.2, -0.15) is 0 Å². The van der Waals surface area contributed by atoms with Crippen LogP contribution in [-0.4, -0.2) is 23.3 Å². The third-order valence-electron chi connectivity index (χ3n) is 3.80. The molecule has 0 heterocycles. The van der Waals surface area contributed by atoms with Crippen molar-refractivity contribution >= 4 is 29.1 Å². The van der Waals surface area contributed by atoms with E-state index in [-0.39, 0.29) is 18.2 Å². The Morgan fingerprint density at radius 2 is 1.75 bits per heavy atom. The van der Waals surface area contributed by atoms with Gasteiger partial charge in [0, 0.05) is 37.1 Å². The van der Waals surface area contributed by atoms with Crippen molar-refractivity contribution in [3.05, 3.63) is 64.7 Å². The quantitative estimate of drug-likeness (QED) is 0.860. The minimum absolute atomic E-state index is 0.0439. The largest absolute Gasteiger partial charge is 0.338 e. The van der Waals surface area contributed by atoms with Crippen LogP contribution in [0, 0.1) is 6.92 Å². The van der Waals surface area contributed by atoms with Crippen LogP contribution in [0.1, 0.15) is 24.5 Å². The molecule has 0 aliphatic heterocycles. The molecule has 4 nitrogen and oxygen atoms in total. The molecule has 126 valence electrons. The van der Waals surface area contributed by atoms with Gasteiger partial charge < -0.3 is 10.2 Å². The number of carbonyl (C=O) groups is 2. The summed E-state index contributed by atoms with van der Waals surface area (Å²) in [4.78, 5) is 25.6. The van der Waals surface area contributed by atoms with E-state index in [2.05, 4.69) is 5.32 Å². The second kappa shape index (κ2) is 8.50. The molecule has 0 atom stereocenters. The first-order valence-corrected chi connectivity index (χ1v) is 8.19. The number of rotatable bonds is 6. The molecule has 0 unspecified atom stereocenters. The van der Waals surface area contributed by atoms with Crippen LogP contribution in [0.4, 0.5) is 5.69 Å². The summed E-state index contributed by atoms with van der Waals surface area (Å²) in [5, 5.41) is 3.42. The summed E-state index contributed by atoms with van der Waals surface area (Å²) in [5.41, 5.74) is 2.91. The van der Waals surface area contributed by atoms with Crippen LogP contribution >= 0.6 is 11.6 Å². The maximum atomic E-state index is 12.1. The van der Waals surface area contributed by atoms with E-state index < -0.39 is 0 Å². The van der Waals surface area contributed by atoms with Crippen LogP contribution in [0.5, 0.6) is 0 Å². The van der Waals surface area contributed by atoms with Crippen molar-refractivity contribution in [2.75, 3.05) is 11.9 Å². The highest BCUT2D eigenvalue weighted by Crippen LogP contribution is 2.14. The lowest BCUT2D eigenvalue weighted by molar-refractivity contribution is -0.129. The Kier molecular flexibility index (Phi) is 6.38. The Morgan fingerprint density at radius 3 is 2.38 bits per heavy atom. The molecule has 0 bridgehead atoms. The number of hydrogen-bond donors (Lipinski definition) is 1. The van der Waals surface area contributed by atoms with Crippen LogP contribution < -0.4 is 5.32 Å². The Bertz CT molecular complexity index is 714. The topological polar surface area (TPSA) is 49.4 Å². The first-order valence-electron chi connectivity index (χ1n) is 7.81. The van der Waals surface area contributed by atoms with Crippen LogP contribution in [0.25, 0.3) is 0 Å². The number of carbonyl (C=O) groups excluding carboxylic acids is 2. The lowest BCUT2D eigenvalue weighted by Gasteiger charge is -2.22. The summed E-state index contributed by atoms with van der Waals surface area (Å²) < 4.78 is 0. The summed E-state index contributed by atoms with van der Waals surface area (Å²) >= 11 is 5.82. The Labute approximate surface area is 147 Å². The predicted octanol–water partition coefficient (Wildman–Crippen LogP) is 4.03. The van der Waals surface area contributed by atoms with Crippen LogP contribution in [0.15, 0.2) is 48.5 Å². The fourth-order valence-electron chi connectivity index (χ4n) is 2.33. The molecule has 5 heteroatoms. The Morgan fingerprint density at radius 1 is 1.08 bits per heavy atom. The second-order valence-electron chi connectivity index (χ2n) is 5.67. The van der Waals surface area contributed by atoms with Gasteiger partial charge in [-0.3, -0.25) is 9.59 Å². The van der Waals surface area contributed by atoms with Crippen molar-refractivity contribution in [3.63, 3.8) is 0 Å². The van der Waals surface area contributed by atoms with Crippen molar-refractivity contribution < 1.29 is 9.59 Å². The number of nitrogens with zero attached hydrogens (tertiary/aromatic N) is 1. The summed E-state index contributed by atoms with van der Waals surface area (Å²) in [7, 11) is 0. The maximum Gasteiger partial charge on any atom is 0.226 e. The first kappa shape index (κ1) is 18.0. The van der Waals surface area contributed by atoms with E-state index in [1.165, 1.54) is 6.92 Å². The van der Waals surface area contributed by atoms with Gasteiger partial charge in [-0.1, -0.05) is 35.9 Å². The van der Waals surface area contributed by atoms with E-state index in [0.29, 0.717) is 23.8 Å². The fraction of sp³-hybridized carbons (Fsp3) is 0.263. The first-order chi connectivity index (χ1) is 11.5. The van der Waals surface area contributed by atoms with Gasteiger partial charge in [0.05, 0.1) is 0 Å². The van der Waals surface area contributed by atoms with Gasteiger partial charge in [0.15, 0.2) is 0 Å². The van der Waals surface area contributed by atoms with Gasteiger partial charge in [-0.25, -0.2) is 0 Å². The summed E-state index contributed by atoms with van der Waals surface area (Å²) in [6.45, 7) is 4.43. The highest BCUT2D eigenvalue weighted by Gasteiger charge is 2.13. The van der Waals surface area contributed by atoms with E-state index in [1.54, 1.807) is 29.2 Å². The third-order valence-corrected chi connectivity index (χ3v) is 4.06. The van der Waals surface area contributed by atoms with E-state index in [1.807, 2.05) is 31.2 Å². The molecule has 0 spiro atoms. The molecule has 0 radical (unpaired) electrons. The minimum atomic E-state index is -0.131. The number of hydrogen-bond acceptors (Lipinski definition) is 2. The number of benzene rings is 2. The molecule has 0 aromatic heterocycles. The number of amides is 2. The predicted molar refractivity (Wildman–Crippen MR) is 97.0 cm³/mol. The minimum Gasteiger partial charge on any atom is -0.338 e. The number of aryl methyl sites for hydroxylation is 1. The molecule has 24 heavy (non-hydrogen) atoms. The van der Waals surface area contributed by atoms with Gasteiger partial charge in [0.25, 0.3) is 0 Å². The normalized spacial score (nSPS) is 10.3. The van der Waals surface area contributed by atoms with Crippen molar-refractivity contribution in [1.29, 1.82) is 0 Å². The van der Waals surface area contributed by atoms with E-state index in [4.69, 9.17) is 11.6 Å². The van der Waals surface area contributed by atoms with Crippen LogP contribution in [-0.2, 0) is 16.1 Å². The van der Waals surface area contributed by atoms with Gasteiger partial charge in [-0.05, 0) is 42.3 Å². The van der Waals surface area contributed by atoms with E-state index in [0.717, 1.165) is 11.1 Å². The lowest BCUT2D eigenvalue weighted by atomic mass is 10.1. The molecular formula is C19H21ClN2O2. The van der Waals surface area contributed by atoms with Crippen LogP contribution in [0.3, 0.4) is 0 Å². The van der Waals surface area contributed by atoms with E-state index in [9.17, 15) is 9.59 Å². The Hall–Kier alpha value is -2.33. The standard InChI is InChI=1S/C19H21ClN2O2/c1-14-5-3-4-6-16(14)13-22(15(2)23)12-11-19(24)21-18-9-7-17(20)8-10-18/h3-10H,11-13H2,1-2H3,(H,21,24). The maximum absolute atomic E-state index is 12.1. The summed E-state index contributed by atoms with van der Waals surface area (Å²) in [6, 6.07) is 14.9. The van der Waals surface area contributed by atoms with Gasteiger partial charge >= 0.3 is 0 Å². The van der Waals surface area contributed by atoms with Crippen molar-refractivity contribution in [2.24, 2.45) is 0 Å². The number of halogens is 1. The van der Waals surface area contributed by atoms with Crippen LogP contribution in [0.2, 0.25) is 5.02 Å². The molecule has 0 saturated heterocycles.